The van der Waals surface area contributed by atoms with E-state index in [0.717, 1.165) is 18.7 Å². The molecular weight excluding hydrogens is 243 g/mol. The van der Waals surface area contributed by atoms with Gasteiger partial charge in [-0.25, -0.2) is 4.39 Å². The van der Waals surface area contributed by atoms with E-state index in [1.165, 1.54) is 6.07 Å². The first-order chi connectivity index (χ1) is 9.09. The van der Waals surface area contributed by atoms with Gasteiger partial charge < -0.3 is 10.1 Å². The topological polar surface area (TPSA) is 24.5 Å². The van der Waals surface area contributed by atoms with Crippen molar-refractivity contribution in [2.24, 2.45) is 0 Å². The van der Waals surface area contributed by atoms with Crippen LogP contribution in [0.4, 0.5) is 4.39 Å². The van der Waals surface area contributed by atoms with Crippen molar-refractivity contribution in [3.05, 3.63) is 35.6 Å². The highest BCUT2D eigenvalue weighted by atomic mass is 19.1. The largest absolute Gasteiger partial charge is 0.374 e. The van der Waals surface area contributed by atoms with Gasteiger partial charge in [-0.05, 0) is 13.1 Å². The van der Waals surface area contributed by atoms with E-state index in [4.69, 9.17) is 4.74 Å². The highest BCUT2D eigenvalue weighted by Crippen LogP contribution is 2.29. The van der Waals surface area contributed by atoms with Crippen LogP contribution in [0.5, 0.6) is 0 Å². The van der Waals surface area contributed by atoms with Gasteiger partial charge in [0.2, 0.25) is 0 Å². The smallest absolute Gasteiger partial charge is 0.128 e. The molecule has 2 rings (SSSR count). The SMILES string of the molecule is CC(C)NCC1OCCN(C)C1c1ccccc1F. The Hall–Kier alpha value is -0.970. The van der Waals surface area contributed by atoms with E-state index < -0.39 is 0 Å². The molecule has 1 heterocycles. The number of nitrogens with one attached hydrogen (secondary N) is 1. The summed E-state index contributed by atoms with van der Waals surface area (Å²) < 4.78 is 19.9. The molecule has 106 valence electrons. The molecule has 3 nitrogen and oxygen atoms in total. The summed E-state index contributed by atoms with van der Waals surface area (Å²) in [6.07, 6.45) is -0.0157. The number of morpholine rings is 1. The van der Waals surface area contributed by atoms with Crippen molar-refractivity contribution in [1.29, 1.82) is 0 Å². The molecule has 1 fully saturated rings. The van der Waals surface area contributed by atoms with E-state index in [1.54, 1.807) is 6.07 Å². The lowest BCUT2D eigenvalue weighted by Gasteiger charge is -2.40. The minimum atomic E-state index is -0.153. The zero-order chi connectivity index (χ0) is 13.8. The average Bonchev–Trinajstić information content (AvgIpc) is 2.37. The first-order valence-electron chi connectivity index (χ1n) is 6.89. The maximum absolute atomic E-state index is 14.0. The molecule has 1 N–H and O–H groups in total. The lowest BCUT2D eigenvalue weighted by atomic mass is 9.97. The van der Waals surface area contributed by atoms with Gasteiger partial charge in [-0.2, -0.15) is 0 Å². The monoisotopic (exact) mass is 266 g/mol. The molecule has 0 aromatic heterocycles. The first-order valence-corrected chi connectivity index (χ1v) is 6.89. The Bertz CT molecular complexity index is 411. The van der Waals surface area contributed by atoms with Gasteiger partial charge in [0.25, 0.3) is 0 Å². The van der Waals surface area contributed by atoms with Crippen molar-refractivity contribution in [2.75, 3.05) is 26.7 Å². The number of nitrogens with zero attached hydrogens (tertiary/aromatic N) is 1. The number of likely N-dealkylation sites (N-methyl/N-ethyl adjacent to an activating group) is 1. The number of benzene rings is 1. The first kappa shape index (κ1) is 14.4. The van der Waals surface area contributed by atoms with E-state index in [0.29, 0.717) is 12.6 Å². The third-order valence-corrected chi connectivity index (χ3v) is 3.55. The Labute approximate surface area is 114 Å². The molecule has 1 aliphatic heterocycles. The molecule has 1 aliphatic rings. The highest BCUT2D eigenvalue weighted by Gasteiger charge is 2.32. The number of rotatable bonds is 4. The quantitative estimate of drug-likeness (QED) is 0.904. The van der Waals surface area contributed by atoms with Crippen LogP contribution in [0.3, 0.4) is 0 Å². The lowest BCUT2D eigenvalue weighted by Crippen LogP contribution is -2.48. The lowest BCUT2D eigenvalue weighted by molar-refractivity contribution is -0.0630. The molecule has 1 saturated heterocycles. The third-order valence-electron chi connectivity index (χ3n) is 3.55. The van der Waals surface area contributed by atoms with Gasteiger partial charge in [0, 0.05) is 24.7 Å². The van der Waals surface area contributed by atoms with Gasteiger partial charge in [0.05, 0.1) is 18.8 Å². The molecule has 0 bridgehead atoms. The second-order valence-corrected chi connectivity index (χ2v) is 5.42. The van der Waals surface area contributed by atoms with Gasteiger partial charge in [-0.1, -0.05) is 32.0 Å². The predicted molar refractivity (Wildman–Crippen MR) is 74.6 cm³/mol. The third kappa shape index (κ3) is 3.53. The Balaban J connectivity index is 2.19. The van der Waals surface area contributed by atoms with Crippen molar-refractivity contribution >= 4 is 0 Å². The van der Waals surface area contributed by atoms with E-state index >= 15 is 0 Å². The fraction of sp³-hybridized carbons (Fsp3) is 0.600. The molecule has 0 spiro atoms. The highest BCUT2D eigenvalue weighted by molar-refractivity contribution is 5.23. The van der Waals surface area contributed by atoms with Crippen LogP contribution in [0.1, 0.15) is 25.5 Å². The summed E-state index contributed by atoms with van der Waals surface area (Å²) in [7, 11) is 2.03. The second kappa shape index (κ2) is 6.46. The second-order valence-electron chi connectivity index (χ2n) is 5.42. The number of ether oxygens (including phenoxy) is 1. The zero-order valence-corrected chi connectivity index (χ0v) is 11.9. The van der Waals surface area contributed by atoms with Crippen LogP contribution in [0, 0.1) is 5.82 Å². The Morgan fingerprint density at radius 1 is 1.42 bits per heavy atom. The molecule has 2 atom stereocenters. The summed E-state index contributed by atoms with van der Waals surface area (Å²) in [5, 5.41) is 3.38. The number of hydrogen-bond acceptors (Lipinski definition) is 3. The Kier molecular flexibility index (Phi) is 4.91. The van der Waals surface area contributed by atoms with E-state index in [1.807, 2.05) is 19.2 Å². The Morgan fingerprint density at radius 2 is 2.16 bits per heavy atom. The van der Waals surface area contributed by atoms with Gasteiger partial charge in [0.1, 0.15) is 5.82 Å². The van der Waals surface area contributed by atoms with Crippen LogP contribution in [-0.4, -0.2) is 43.8 Å². The van der Waals surface area contributed by atoms with Crippen molar-refractivity contribution in [2.45, 2.75) is 32.0 Å². The van der Waals surface area contributed by atoms with Crippen LogP contribution in [0.2, 0.25) is 0 Å². The molecular formula is C15H23FN2O. The molecule has 1 aromatic carbocycles. The van der Waals surface area contributed by atoms with E-state index in [2.05, 4.69) is 24.1 Å². The molecule has 0 aliphatic carbocycles. The summed E-state index contributed by atoms with van der Waals surface area (Å²) in [4.78, 5) is 2.18. The minimum absolute atomic E-state index is 0.0157. The standard InChI is InChI=1S/C15H23FN2O/c1-11(2)17-10-14-15(18(3)8-9-19-14)12-6-4-5-7-13(12)16/h4-7,11,14-15,17H,8-10H2,1-3H3. The van der Waals surface area contributed by atoms with Crippen LogP contribution < -0.4 is 5.32 Å². The molecule has 4 heteroatoms. The van der Waals surface area contributed by atoms with Gasteiger partial charge in [-0.15, -0.1) is 0 Å². The van der Waals surface area contributed by atoms with Crippen molar-refractivity contribution in [3.63, 3.8) is 0 Å². The maximum Gasteiger partial charge on any atom is 0.128 e. The van der Waals surface area contributed by atoms with Gasteiger partial charge in [-0.3, -0.25) is 4.90 Å². The van der Waals surface area contributed by atoms with E-state index in [9.17, 15) is 4.39 Å². The summed E-state index contributed by atoms with van der Waals surface area (Å²) in [5.74, 6) is -0.153. The molecule has 0 saturated carbocycles. The average molecular weight is 266 g/mol. The maximum atomic E-state index is 14.0. The number of halogens is 1. The summed E-state index contributed by atoms with van der Waals surface area (Å²) >= 11 is 0. The normalized spacial score (nSPS) is 24.9. The van der Waals surface area contributed by atoms with Crippen LogP contribution >= 0.6 is 0 Å². The van der Waals surface area contributed by atoms with Crippen molar-refractivity contribution in [1.82, 2.24) is 10.2 Å². The van der Waals surface area contributed by atoms with Crippen LogP contribution in [-0.2, 0) is 4.74 Å². The molecule has 0 amide bonds. The summed E-state index contributed by atoms with van der Waals surface area (Å²) in [5.41, 5.74) is 0.722. The molecule has 2 unspecified atom stereocenters. The predicted octanol–water partition coefficient (Wildman–Crippen LogP) is 2.20. The van der Waals surface area contributed by atoms with Crippen LogP contribution in [0.25, 0.3) is 0 Å². The van der Waals surface area contributed by atoms with Crippen molar-refractivity contribution in [3.8, 4) is 0 Å². The minimum Gasteiger partial charge on any atom is -0.374 e. The molecule has 0 radical (unpaired) electrons. The fourth-order valence-electron chi connectivity index (χ4n) is 2.54. The molecule has 1 aromatic rings. The van der Waals surface area contributed by atoms with Crippen molar-refractivity contribution < 1.29 is 9.13 Å². The van der Waals surface area contributed by atoms with Gasteiger partial charge in [0.15, 0.2) is 0 Å². The summed E-state index contributed by atoms with van der Waals surface area (Å²) in [6.45, 7) is 6.47. The number of hydrogen-bond donors (Lipinski definition) is 1. The summed E-state index contributed by atoms with van der Waals surface area (Å²) in [6, 6.07) is 7.36. The fourth-order valence-corrected chi connectivity index (χ4v) is 2.54. The van der Waals surface area contributed by atoms with Crippen LogP contribution in [0.15, 0.2) is 24.3 Å². The Morgan fingerprint density at radius 3 is 2.84 bits per heavy atom. The van der Waals surface area contributed by atoms with E-state index in [-0.39, 0.29) is 18.0 Å². The molecule has 19 heavy (non-hydrogen) atoms. The van der Waals surface area contributed by atoms with Gasteiger partial charge >= 0.3 is 0 Å². The zero-order valence-electron chi connectivity index (χ0n) is 11.9.